The van der Waals surface area contributed by atoms with Crippen molar-refractivity contribution in [1.82, 2.24) is 9.88 Å². The molecule has 19 heavy (non-hydrogen) atoms. The Labute approximate surface area is 121 Å². The lowest BCUT2D eigenvalue weighted by molar-refractivity contribution is -0.137. The number of nitrogens with one attached hydrogen (secondary N) is 1. The van der Waals surface area contributed by atoms with Gasteiger partial charge in [0.05, 0.1) is 6.04 Å². The lowest BCUT2D eigenvalue weighted by Crippen LogP contribution is -2.48. The summed E-state index contributed by atoms with van der Waals surface area (Å²) in [6.45, 7) is 2.23. The molecule has 0 bridgehead atoms. The number of nitrogens with two attached hydrogens (primary N) is 1. The van der Waals surface area contributed by atoms with Crippen LogP contribution in [-0.2, 0) is 9.59 Å². The lowest BCUT2D eigenvalue weighted by atomic mass is 10.2. The quantitative estimate of drug-likeness (QED) is 0.866. The van der Waals surface area contributed by atoms with Crippen molar-refractivity contribution < 1.29 is 9.59 Å². The summed E-state index contributed by atoms with van der Waals surface area (Å²) in [5.74, 6) is -0.358. The molecule has 0 saturated carbocycles. The molecule has 1 aliphatic heterocycles. The van der Waals surface area contributed by atoms with Crippen molar-refractivity contribution in [3.05, 3.63) is 11.6 Å². The van der Waals surface area contributed by atoms with E-state index in [4.69, 9.17) is 5.73 Å². The van der Waals surface area contributed by atoms with Crippen LogP contribution in [0.5, 0.6) is 0 Å². The van der Waals surface area contributed by atoms with E-state index < -0.39 is 12.1 Å². The number of likely N-dealkylation sites (tertiary alicyclic amines) is 1. The van der Waals surface area contributed by atoms with Gasteiger partial charge in [-0.1, -0.05) is 0 Å². The van der Waals surface area contributed by atoms with Crippen LogP contribution in [-0.4, -0.2) is 40.3 Å². The maximum absolute atomic E-state index is 12.1. The van der Waals surface area contributed by atoms with Crippen molar-refractivity contribution in [3.8, 4) is 0 Å². The Morgan fingerprint density at radius 1 is 1.63 bits per heavy atom. The van der Waals surface area contributed by atoms with Gasteiger partial charge in [-0.05, 0) is 19.8 Å². The maximum atomic E-state index is 12.1. The SMILES string of the molecule is CC(N)C(=O)N1CCCC1C(=O)Nc1nccs1.Cl. The van der Waals surface area contributed by atoms with Gasteiger partial charge in [0, 0.05) is 18.1 Å². The molecule has 1 fully saturated rings. The van der Waals surface area contributed by atoms with Crippen molar-refractivity contribution >= 4 is 40.7 Å². The van der Waals surface area contributed by atoms with E-state index in [1.54, 1.807) is 23.4 Å². The molecule has 106 valence electrons. The predicted octanol–water partition coefficient (Wildman–Crippen LogP) is 0.842. The molecule has 2 unspecified atom stereocenters. The first-order chi connectivity index (χ1) is 8.59. The molecule has 1 aliphatic rings. The van der Waals surface area contributed by atoms with Gasteiger partial charge in [-0.15, -0.1) is 23.7 Å². The summed E-state index contributed by atoms with van der Waals surface area (Å²) in [4.78, 5) is 29.5. The smallest absolute Gasteiger partial charge is 0.248 e. The molecule has 6 nitrogen and oxygen atoms in total. The number of nitrogens with zero attached hydrogens (tertiary/aromatic N) is 2. The van der Waals surface area contributed by atoms with Gasteiger partial charge in [0.1, 0.15) is 6.04 Å². The minimum absolute atomic E-state index is 0. The highest BCUT2D eigenvalue weighted by atomic mass is 35.5. The number of hydrogen-bond acceptors (Lipinski definition) is 5. The third-order valence-electron chi connectivity index (χ3n) is 2.89. The van der Waals surface area contributed by atoms with Gasteiger partial charge in [-0.25, -0.2) is 4.98 Å². The Kier molecular flexibility index (Phi) is 5.71. The monoisotopic (exact) mass is 304 g/mol. The average molecular weight is 305 g/mol. The Hall–Kier alpha value is -1.18. The van der Waals surface area contributed by atoms with E-state index in [9.17, 15) is 9.59 Å². The van der Waals surface area contributed by atoms with Crippen LogP contribution in [0.4, 0.5) is 5.13 Å². The van der Waals surface area contributed by atoms with Crippen LogP contribution < -0.4 is 11.1 Å². The van der Waals surface area contributed by atoms with E-state index in [0.29, 0.717) is 18.1 Å². The fourth-order valence-corrected chi connectivity index (χ4v) is 2.57. The van der Waals surface area contributed by atoms with Crippen LogP contribution in [0.25, 0.3) is 0 Å². The zero-order chi connectivity index (χ0) is 13.1. The molecule has 3 N–H and O–H groups in total. The standard InChI is InChI=1S/C11H16N4O2S.ClH/c1-7(12)10(17)15-5-2-3-8(15)9(16)14-11-13-4-6-18-11;/h4,6-8H,2-3,5,12H2,1H3,(H,13,14,16);1H. The second kappa shape index (κ2) is 6.83. The van der Waals surface area contributed by atoms with Crippen molar-refractivity contribution in [1.29, 1.82) is 0 Å². The normalized spacial score (nSPS) is 19.7. The molecule has 1 aromatic heterocycles. The molecule has 2 heterocycles. The predicted molar refractivity (Wildman–Crippen MR) is 76.4 cm³/mol. The minimum atomic E-state index is -0.571. The van der Waals surface area contributed by atoms with Gasteiger partial charge in [-0.3, -0.25) is 9.59 Å². The number of aromatic nitrogens is 1. The van der Waals surface area contributed by atoms with Crippen LogP contribution in [0.1, 0.15) is 19.8 Å². The zero-order valence-corrected chi connectivity index (χ0v) is 12.2. The molecule has 1 aromatic rings. The second-order valence-electron chi connectivity index (χ2n) is 4.30. The van der Waals surface area contributed by atoms with Gasteiger partial charge >= 0.3 is 0 Å². The number of thiazole rings is 1. The Morgan fingerprint density at radius 3 is 2.95 bits per heavy atom. The summed E-state index contributed by atoms with van der Waals surface area (Å²) in [5.41, 5.74) is 5.58. The van der Waals surface area contributed by atoms with Gasteiger partial charge < -0.3 is 16.0 Å². The molecule has 0 spiro atoms. The third kappa shape index (κ3) is 3.65. The molecule has 1 saturated heterocycles. The Bertz CT molecular complexity index is 438. The van der Waals surface area contributed by atoms with Crippen LogP contribution in [0.3, 0.4) is 0 Å². The molecule has 0 aliphatic carbocycles. The van der Waals surface area contributed by atoms with Gasteiger partial charge in [-0.2, -0.15) is 0 Å². The number of carbonyl (C=O) groups excluding carboxylic acids is 2. The number of rotatable bonds is 3. The number of carbonyl (C=O) groups is 2. The highest BCUT2D eigenvalue weighted by Gasteiger charge is 2.35. The number of halogens is 1. The molecule has 0 radical (unpaired) electrons. The summed E-state index contributed by atoms with van der Waals surface area (Å²) in [6.07, 6.45) is 3.13. The van der Waals surface area contributed by atoms with E-state index in [0.717, 1.165) is 6.42 Å². The Morgan fingerprint density at radius 2 is 2.37 bits per heavy atom. The van der Waals surface area contributed by atoms with Gasteiger partial charge in [0.15, 0.2) is 5.13 Å². The van der Waals surface area contributed by atoms with Crippen molar-refractivity contribution in [2.75, 3.05) is 11.9 Å². The first-order valence-corrected chi connectivity index (χ1v) is 6.74. The zero-order valence-electron chi connectivity index (χ0n) is 10.5. The maximum Gasteiger partial charge on any atom is 0.248 e. The Balaban J connectivity index is 0.00000180. The van der Waals surface area contributed by atoms with E-state index in [1.165, 1.54) is 11.3 Å². The van der Waals surface area contributed by atoms with E-state index in [-0.39, 0.29) is 24.2 Å². The third-order valence-corrected chi connectivity index (χ3v) is 3.58. The summed E-state index contributed by atoms with van der Waals surface area (Å²) in [5, 5.41) is 5.06. The van der Waals surface area contributed by atoms with Crippen LogP contribution in [0.15, 0.2) is 11.6 Å². The number of amides is 2. The fraction of sp³-hybridized carbons (Fsp3) is 0.545. The minimum Gasteiger partial charge on any atom is -0.329 e. The topological polar surface area (TPSA) is 88.3 Å². The summed E-state index contributed by atoms with van der Waals surface area (Å²) < 4.78 is 0. The molecule has 2 amide bonds. The van der Waals surface area contributed by atoms with Crippen LogP contribution >= 0.6 is 23.7 Å². The summed E-state index contributed by atoms with van der Waals surface area (Å²) >= 11 is 1.35. The van der Waals surface area contributed by atoms with Crippen LogP contribution in [0.2, 0.25) is 0 Å². The van der Waals surface area contributed by atoms with Crippen molar-refractivity contribution in [2.45, 2.75) is 31.8 Å². The first-order valence-electron chi connectivity index (χ1n) is 5.86. The number of anilines is 1. The van der Waals surface area contributed by atoms with Crippen molar-refractivity contribution in [3.63, 3.8) is 0 Å². The largest absolute Gasteiger partial charge is 0.329 e. The van der Waals surface area contributed by atoms with E-state index in [2.05, 4.69) is 10.3 Å². The number of hydrogen-bond donors (Lipinski definition) is 2. The summed E-state index contributed by atoms with van der Waals surface area (Å²) in [6, 6.07) is -0.995. The van der Waals surface area contributed by atoms with Gasteiger partial charge in [0.25, 0.3) is 0 Å². The molecular weight excluding hydrogens is 288 g/mol. The second-order valence-corrected chi connectivity index (χ2v) is 5.20. The summed E-state index contributed by atoms with van der Waals surface area (Å²) in [7, 11) is 0. The highest BCUT2D eigenvalue weighted by Crippen LogP contribution is 2.20. The average Bonchev–Trinajstić information content (AvgIpc) is 2.97. The molecular formula is C11H17ClN4O2S. The molecule has 0 aromatic carbocycles. The van der Waals surface area contributed by atoms with Gasteiger partial charge in [0.2, 0.25) is 11.8 Å². The first kappa shape index (κ1) is 15.9. The lowest BCUT2D eigenvalue weighted by Gasteiger charge is -2.25. The van der Waals surface area contributed by atoms with Crippen LogP contribution in [0, 0.1) is 0 Å². The van der Waals surface area contributed by atoms with E-state index >= 15 is 0 Å². The molecule has 2 rings (SSSR count). The van der Waals surface area contributed by atoms with Crippen molar-refractivity contribution in [2.24, 2.45) is 5.73 Å². The molecule has 2 atom stereocenters. The fourth-order valence-electron chi connectivity index (χ4n) is 2.04. The highest BCUT2D eigenvalue weighted by molar-refractivity contribution is 7.13. The molecule has 8 heteroatoms. The van der Waals surface area contributed by atoms with E-state index in [1.807, 2.05) is 0 Å².